The molecule has 7 nitrogen and oxygen atoms in total. The van der Waals surface area contributed by atoms with E-state index in [2.05, 4.69) is 26.7 Å². The van der Waals surface area contributed by atoms with Crippen LogP contribution < -0.4 is 9.80 Å². The molecule has 2 saturated heterocycles. The average Bonchev–Trinajstić information content (AvgIpc) is 3.58. The fraction of sp³-hybridized carbons (Fsp3) is 0.321. The molecule has 2 fully saturated rings. The molecule has 2 aliphatic rings. The summed E-state index contributed by atoms with van der Waals surface area (Å²) in [7, 11) is 2.10. The van der Waals surface area contributed by atoms with Gasteiger partial charge in [-0.2, -0.15) is 5.26 Å². The number of imidazole rings is 1. The molecule has 4 aromatic rings. The van der Waals surface area contributed by atoms with Gasteiger partial charge in [0.2, 0.25) is 0 Å². The molecule has 6 rings (SSSR count). The highest BCUT2D eigenvalue weighted by Crippen LogP contribution is 2.35. The number of hydrogen-bond acceptors (Lipinski definition) is 6. The van der Waals surface area contributed by atoms with E-state index < -0.39 is 11.6 Å². The number of piperazine rings is 1. The molecule has 37 heavy (non-hydrogen) atoms. The molecule has 0 bridgehead atoms. The topological polar surface area (TPSA) is 64.2 Å². The van der Waals surface area contributed by atoms with Gasteiger partial charge in [0.1, 0.15) is 29.0 Å². The van der Waals surface area contributed by atoms with Gasteiger partial charge in [-0.25, -0.2) is 18.7 Å². The third-order valence-electron chi connectivity index (χ3n) is 7.36. The first-order valence-electron chi connectivity index (χ1n) is 12.6. The van der Waals surface area contributed by atoms with Gasteiger partial charge in [0.25, 0.3) is 0 Å². The van der Waals surface area contributed by atoms with Crippen molar-refractivity contribution in [2.45, 2.75) is 12.8 Å². The standard InChI is InChI=1S/C28H27F2N7/c1-34-12-14-36(15-13-34)25-8-9-32-28-26(25)33-27(19-4-5-20(18-31)22(29)16-19)37(28)24-7-6-21(17-23(24)30)35-10-2-3-11-35/h4-9,16-17H,2-3,10-15H2,1H3. The second-order valence-corrected chi connectivity index (χ2v) is 9.70. The molecule has 0 saturated carbocycles. The van der Waals surface area contributed by atoms with Gasteiger partial charge in [-0.05, 0) is 62.4 Å². The van der Waals surface area contributed by atoms with Crippen LogP contribution in [0, 0.1) is 23.0 Å². The Kier molecular flexibility index (Phi) is 5.97. The van der Waals surface area contributed by atoms with Crippen LogP contribution in [0.4, 0.5) is 20.2 Å². The van der Waals surface area contributed by atoms with Gasteiger partial charge in [0.05, 0.1) is 16.9 Å². The molecular weight excluding hydrogens is 472 g/mol. The predicted molar refractivity (Wildman–Crippen MR) is 140 cm³/mol. The predicted octanol–water partition coefficient (Wildman–Crippen LogP) is 4.59. The highest BCUT2D eigenvalue weighted by atomic mass is 19.1. The third-order valence-corrected chi connectivity index (χ3v) is 7.36. The Morgan fingerprint density at radius 1 is 0.838 bits per heavy atom. The van der Waals surface area contributed by atoms with Crippen molar-refractivity contribution in [2.24, 2.45) is 0 Å². The van der Waals surface area contributed by atoms with Crippen molar-refractivity contribution in [2.75, 3.05) is 56.1 Å². The summed E-state index contributed by atoms with van der Waals surface area (Å²) in [5, 5.41) is 9.20. The Balaban J connectivity index is 1.54. The highest BCUT2D eigenvalue weighted by Gasteiger charge is 2.25. The van der Waals surface area contributed by atoms with Crippen molar-refractivity contribution in [1.29, 1.82) is 5.26 Å². The van der Waals surface area contributed by atoms with Crippen LogP contribution in [0.25, 0.3) is 28.2 Å². The number of likely N-dealkylation sites (N-methyl/N-ethyl adjacent to an activating group) is 1. The van der Waals surface area contributed by atoms with Crippen LogP contribution in [0.5, 0.6) is 0 Å². The zero-order valence-electron chi connectivity index (χ0n) is 20.7. The normalized spacial score (nSPS) is 16.5. The van der Waals surface area contributed by atoms with Crippen LogP contribution in [0.3, 0.4) is 0 Å². The number of rotatable bonds is 4. The fourth-order valence-corrected chi connectivity index (χ4v) is 5.28. The molecule has 2 aromatic heterocycles. The van der Waals surface area contributed by atoms with Gasteiger partial charge in [-0.1, -0.05) is 0 Å². The zero-order valence-corrected chi connectivity index (χ0v) is 20.7. The van der Waals surface area contributed by atoms with Crippen LogP contribution in [-0.4, -0.2) is 65.8 Å². The van der Waals surface area contributed by atoms with E-state index in [0.717, 1.165) is 63.5 Å². The SMILES string of the molecule is CN1CCN(c2ccnc3c2nc(-c2ccc(C#N)c(F)c2)n3-c2ccc(N3CCCC3)cc2F)CC1. The Labute approximate surface area is 214 Å². The molecular formula is C28H27F2N7. The van der Waals surface area contributed by atoms with Crippen LogP contribution in [0.1, 0.15) is 18.4 Å². The van der Waals surface area contributed by atoms with E-state index in [9.17, 15) is 9.65 Å². The number of nitrogens with zero attached hydrogens (tertiary/aromatic N) is 7. The lowest BCUT2D eigenvalue weighted by Crippen LogP contribution is -2.44. The molecule has 0 radical (unpaired) electrons. The van der Waals surface area contributed by atoms with Gasteiger partial charge < -0.3 is 14.7 Å². The Bertz CT molecular complexity index is 1510. The number of anilines is 2. The molecule has 0 spiro atoms. The molecule has 188 valence electrons. The number of hydrogen-bond donors (Lipinski definition) is 0. The zero-order chi connectivity index (χ0) is 25.5. The number of nitriles is 1. The van der Waals surface area contributed by atoms with Crippen LogP contribution >= 0.6 is 0 Å². The summed E-state index contributed by atoms with van der Waals surface area (Å²) in [5.41, 5.74) is 3.60. The largest absolute Gasteiger partial charge is 0.371 e. The van der Waals surface area contributed by atoms with Gasteiger partial charge in [-0.3, -0.25) is 4.57 Å². The number of halogens is 2. The van der Waals surface area contributed by atoms with E-state index in [1.54, 1.807) is 29.0 Å². The van der Waals surface area contributed by atoms with E-state index in [1.165, 1.54) is 12.1 Å². The summed E-state index contributed by atoms with van der Waals surface area (Å²) < 4.78 is 32.1. The lowest BCUT2D eigenvalue weighted by molar-refractivity contribution is 0.313. The van der Waals surface area contributed by atoms with Gasteiger partial charge >= 0.3 is 0 Å². The molecule has 2 aliphatic heterocycles. The minimum absolute atomic E-state index is 0.0520. The fourth-order valence-electron chi connectivity index (χ4n) is 5.28. The second kappa shape index (κ2) is 9.45. The van der Waals surface area contributed by atoms with Gasteiger partial charge in [0, 0.05) is 56.7 Å². The molecule has 0 N–H and O–H groups in total. The maximum absolute atomic E-state index is 15.8. The smallest absolute Gasteiger partial charge is 0.167 e. The van der Waals surface area contributed by atoms with Gasteiger partial charge in [0.15, 0.2) is 5.65 Å². The van der Waals surface area contributed by atoms with E-state index in [-0.39, 0.29) is 5.56 Å². The Hall–Kier alpha value is -4.03. The van der Waals surface area contributed by atoms with Gasteiger partial charge in [-0.15, -0.1) is 0 Å². The maximum Gasteiger partial charge on any atom is 0.167 e. The van der Waals surface area contributed by atoms with E-state index >= 15 is 4.39 Å². The summed E-state index contributed by atoms with van der Waals surface area (Å²) in [6, 6.07) is 13.4. The average molecular weight is 500 g/mol. The molecule has 0 atom stereocenters. The molecule has 2 aromatic carbocycles. The Morgan fingerprint density at radius 2 is 1.62 bits per heavy atom. The van der Waals surface area contributed by atoms with Crippen LogP contribution in [0.15, 0.2) is 48.7 Å². The lowest BCUT2D eigenvalue weighted by atomic mass is 10.1. The van der Waals surface area contributed by atoms with Crippen molar-refractivity contribution in [3.63, 3.8) is 0 Å². The van der Waals surface area contributed by atoms with Crippen LogP contribution in [-0.2, 0) is 0 Å². The second-order valence-electron chi connectivity index (χ2n) is 9.70. The van der Waals surface area contributed by atoms with Crippen molar-refractivity contribution >= 4 is 22.5 Å². The Morgan fingerprint density at radius 3 is 2.32 bits per heavy atom. The number of pyridine rings is 1. The quantitative estimate of drug-likeness (QED) is 0.409. The maximum atomic E-state index is 15.8. The molecule has 9 heteroatoms. The number of fused-ring (bicyclic) bond motifs is 1. The van der Waals surface area contributed by atoms with Crippen LogP contribution in [0.2, 0.25) is 0 Å². The molecule has 0 amide bonds. The minimum Gasteiger partial charge on any atom is -0.371 e. The van der Waals surface area contributed by atoms with E-state index in [0.29, 0.717) is 28.2 Å². The van der Waals surface area contributed by atoms with E-state index in [1.807, 2.05) is 18.2 Å². The first kappa shape index (κ1) is 23.4. The summed E-state index contributed by atoms with van der Waals surface area (Å²) >= 11 is 0. The first-order valence-corrected chi connectivity index (χ1v) is 12.6. The monoisotopic (exact) mass is 499 g/mol. The van der Waals surface area contributed by atoms with Crippen molar-refractivity contribution < 1.29 is 8.78 Å². The molecule has 4 heterocycles. The molecule has 0 unspecified atom stereocenters. The highest BCUT2D eigenvalue weighted by molar-refractivity contribution is 5.90. The number of aromatic nitrogens is 3. The summed E-state index contributed by atoms with van der Waals surface area (Å²) in [4.78, 5) is 16.2. The molecule has 0 aliphatic carbocycles. The van der Waals surface area contributed by atoms with E-state index in [4.69, 9.17) is 4.98 Å². The van der Waals surface area contributed by atoms with Crippen molar-refractivity contribution in [1.82, 2.24) is 19.4 Å². The lowest BCUT2D eigenvalue weighted by Gasteiger charge is -2.34. The third kappa shape index (κ3) is 4.17. The summed E-state index contributed by atoms with van der Waals surface area (Å²) in [6.45, 7) is 5.34. The van der Waals surface area contributed by atoms with Crippen molar-refractivity contribution in [3.05, 3.63) is 65.9 Å². The summed E-state index contributed by atoms with van der Waals surface area (Å²) in [6.07, 6.45) is 3.92. The number of benzene rings is 2. The van der Waals surface area contributed by atoms with Crippen molar-refractivity contribution in [3.8, 4) is 23.1 Å². The first-order chi connectivity index (χ1) is 18.0. The summed E-state index contributed by atoms with van der Waals surface area (Å²) in [5.74, 6) is -0.665. The minimum atomic E-state index is -0.643.